The first kappa shape index (κ1) is 17.1. The van der Waals surface area contributed by atoms with Crippen molar-refractivity contribution in [2.45, 2.75) is 70.5 Å². The molecule has 0 aromatic rings. The number of aliphatic hydroxyl groups is 1. The first-order valence-corrected chi connectivity index (χ1v) is 9.96. The van der Waals surface area contributed by atoms with Crippen LogP contribution in [0.3, 0.4) is 0 Å². The lowest BCUT2D eigenvalue weighted by Crippen LogP contribution is -2.54. The third-order valence-electron chi connectivity index (χ3n) is 8.41. The molecule has 0 aliphatic heterocycles. The second-order valence-corrected chi connectivity index (χ2v) is 9.15. The minimum absolute atomic E-state index is 0.198. The summed E-state index contributed by atoms with van der Waals surface area (Å²) in [4.78, 5) is 0. The van der Waals surface area contributed by atoms with E-state index in [1.165, 1.54) is 37.7 Å². The van der Waals surface area contributed by atoms with Crippen molar-refractivity contribution in [3.8, 4) is 0 Å². The summed E-state index contributed by atoms with van der Waals surface area (Å²) < 4.78 is 11.6. The van der Waals surface area contributed by atoms with Crippen LogP contribution in [0.4, 0.5) is 0 Å². The Kier molecular flexibility index (Phi) is 4.34. The molecule has 1 unspecified atom stereocenters. The number of hydrogen-bond donors (Lipinski definition) is 1. The van der Waals surface area contributed by atoms with Crippen molar-refractivity contribution in [3.05, 3.63) is 11.6 Å². The Labute approximate surface area is 146 Å². The summed E-state index contributed by atoms with van der Waals surface area (Å²) in [6.07, 6.45) is 12.0. The fourth-order valence-corrected chi connectivity index (χ4v) is 7.37. The van der Waals surface area contributed by atoms with Crippen LogP contribution in [0.5, 0.6) is 0 Å². The smallest absolute Gasteiger partial charge is 0.0724 e. The summed E-state index contributed by atoms with van der Waals surface area (Å²) >= 11 is 0. The molecule has 24 heavy (non-hydrogen) atoms. The van der Waals surface area contributed by atoms with Gasteiger partial charge in [0, 0.05) is 19.6 Å². The van der Waals surface area contributed by atoms with Crippen LogP contribution < -0.4 is 0 Å². The van der Waals surface area contributed by atoms with Crippen molar-refractivity contribution in [1.82, 2.24) is 0 Å². The van der Waals surface area contributed by atoms with E-state index in [1.54, 1.807) is 0 Å². The van der Waals surface area contributed by atoms with E-state index in [0.29, 0.717) is 11.5 Å². The van der Waals surface area contributed by atoms with E-state index in [-0.39, 0.29) is 11.5 Å². The van der Waals surface area contributed by atoms with Gasteiger partial charge in [0.1, 0.15) is 0 Å². The zero-order valence-corrected chi connectivity index (χ0v) is 15.6. The Morgan fingerprint density at radius 1 is 1.08 bits per heavy atom. The standard InChI is InChI=1S/C21H34O3/c1-20-10-9-18-16(17(20)6-7-19(20)24-3)5-4-14-12-15(22)8-11-21(14,18)13-23-2/h12,15-19,22H,4-11,13H2,1-3H3/t15?,16-,17-,18-,19-,20-,21+/m0/s1. The zero-order chi connectivity index (χ0) is 16.9. The van der Waals surface area contributed by atoms with Crippen molar-refractivity contribution in [3.63, 3.8) is 0 Å². The molecule has 136 valence electrons. The fourth-order valence-electron chi connectivity index (χ4n) is 7.37. The minimum Gasteiger partial charge on any atom is -0.389 e. The fraction of sp³-hybridized carbons (Fsp3) is 0.905. The minimum atomic E-state index is -0.236. The van der Waals surface area contributed by atoms with Crippen LogP contribution in [0, 0.1) is 28.6 Å². The molecule has 4 aliphatic carbocycles. The van der Waals surface area contributed by atoms with Gasteiger partial charge in [-0.3, -0.25) is 0 Å². The van der Waals surface area contributed by atoms with Gasteiger partial charge in [-0.2, -0.15) is 0 Å². The molecule has 0 bridgehead atoms. The SMILES string of the molecule is COC[C@]12CCC(O)C=C1CC[C@@H]1[C@@H]2CC[C@]2(C)[C@@H](OC)CC[C@@H]12. The maximum Gasteiger partial charge on any atom is 0.0724 e. The molecule has 3 saturated carbocycles. The second kappa shape index (κ2) is 6.10. The maximum absolute atomic E-state index is 10.2. The highest BCUT2D eigenvalue weighted by atomic mass is 16.5. The molecule has 3 heteroatoms. The zero-order valence-electron chi connectivity index (χ0n) is 15.6. The number of hydrogen-bond acceptors (Lipinski definition) is 3. The summed E-state index contributed by atoms with van der Waals surface area (Å²) in [5.41, 5.74) is 2.08. The average Bonchev–Trinajstić information content (AvgIpc) is 2.92. The number of aliphatic hydroxyl groups excluding tert-OH is 1. The Morgan fingerprint density at radius 3 is 2.67 bits per heavy atom. The molecule has 0 spiro atoms. The first-order valence-electron chi connectivity index (χ1n) is 9.96. The molecule has 0 radical (unpaired) electrons. The van der Waals surface area contributed by atoms with E-state index in [9.17, 15) is 5.11 Å². The van der Waals surface area contributed by atoms with Gasteiger partial charge in [-0.1, -0.05) is 18.6 Å². The summed E-state index contributed by atoms with van der Waals surface area (Å²) in [5.74, 6) is 2.36. The number of fused-ring (bicyclic) bond motifs is 5. The molecular formula is C21H34O3. The van der Waals surface area contributed by atoms with Gasteiger partial charge in [-0.15, -0.1) is 0 Å². The average molecular weight is 335 g/mol. The first-order chi connectivity index (χ1) is 11.5. The quantitative estimate of drug-likeness (QED) is 0.794. The lowest BCUT2D eigenvalue weighted by atomic mass is 9.47. The van der Waals surface area contributed by atoms with E-state index in [2.05, 4.69) is 13.0 Å². The number of rotatable bonds is 3. The van der Waals surface area contributed by atoms with Crippen molar-refractivity contribution in [2.24, 2.45) is 28.6 Å². The molecule has 1 N–H and O–H groups in total. The van der Waals surface area contributed by atoms with E-state index in [1.807, 2.05) is 14.2 Å². The predicted molar refractivity (Wildman–Crippen MR) is 94.7 cm³/mol. The van der Waals surface area contributed by atoms with Gasteiger partial charge in [-0.25, -0.2) is 0 Å². The topological polar surface area (TPSA) is 38.7 Å². The largest absolute Gasteiger partial charge is 0.389 e. The Hall–Kier alpha value is -0.380. The monoisotopic (exact) mass is 334 g/mol. The summed E-state index contributed by atoms with van der Waals surface area (Å²) in [6, 6.07) is 0. The van der Waals surface area contributed by atoms with E-state index in [4.69, 9.17) is 9.47 Å². The van der Waals surface area contributed by atoms with E-state index >= 15 is 0 Å². The highest BCUT2D eigenvalue weighted by Gasteiger charge is 2.60. The van der Waals surface area contributed by atoms with Crippen LogP contribution in [0.2, 0.25) is 0 Å². The molecular weight excluding hydrogens is 300 g/mol. The van der Waals surface area contributed by atoms with Crippen molar-refractivity contribution in [2.75, 3.05) is 20.8 Å². The molecule has 3 fully saturated rings. The van der Waals surface area contributed by atoms with Crippen LogP contribution in [0.25, 0.3) is 0 Å². The third-order valence-corrected chi connectivity index (χ3v) is 8.41. The van der Waals surface area contributed by atoms with Gasteiger partial charge < -0.3 is 14.6 Å². The lowest BCUT2D eigenvalue weighted by molar-refractivity contribution is -0.104. The maximum atomic E-state index is 10.2. The summed E-state index contributed by atoms with van der Waals surface area (Å²) in [6.45, 7) is 3.33. The van der Waals surface area contributed by atoms with Gasteiger partial charge in [0.25, 0.3) is 0 Å². The van der Waals surface area contributed by atoms with Crippen LogP contribution in [-0.2, 0) is 9.47 Å². The normalized spacial score (nSPS) is 50.7. The predicted octanol–water partition coefficient (Wildman–Crippen LogP) is 3.95. The lowest BCUT2D eigenvalue weighted by Gasteiger charge is -2.59. The molecule has 0 aromatic heterocycles. The third kappa shape index (κ3) is 2.27. The molecule has 4 aliphatic rings. The Bertz CT molecular complexity index is 515. The highest BCUT2D eigenvalue weighted by molar-refractivity contribution is 5.27. The molecule has 0 saturated heterocycles. The molecule has 4 rings (SSSR count). The molecule has 7 atom stereocenters. The van der Waals surface area contributed by atoms with Crippen LogP contribution >= 0.6 is 0 Å². The van der Waals surface area contributed by atoms with E-state index < -0.39 is 0 Å². The highest BCUT2D eigenvalue weighted by Crippen LogP contribution is 2.65. The van der Waals surface area contributed by atoms with Crippen LogP contribution in [0.15, 0.2) is 11.6 Å². The van der Waals surface area contributed by atoms with Crippen molar-refractivity contribution in [1.29, 1.82) is 0 Å². The van der Waals surface area contributed by atoms with Gasteiger partial charge in [0.05, 0.1) is 18.8 Å². The van der Waals surface area contributed by atoms with Crippen LogP contribution in [0.1, 0.15) is 58.3 Å². The van der Waals surface area contributed by atoms with Gasteiger partial charge in [0.2, 0.25) is 0 Å². The van der Waals surface area contributed by atoms with E-state index in [0.717, 1.165) is 43.6 Å². The molecule has 3 nitrogen and oxygen atoms in total. The summed E-state index contributed by atoms with van der Waals surface area (Å²) in [5, 5.41) is 10.2. The second-order valence-electron chi connectivity index (χ2n) is 9.15. The summed E-state index contributed by atoms with van der Waals surface area (Å²) in [7, 11) is 3.76. The van der Waals surface area contributed by atoms with Crippen molar-refractivity contribution >= 4 is 0 Å². The Morgan fingerprint density at radius 2 is 1.92 bits per heavy atom. The molecule has 0 amide bonds. The number of methoxy groups -OCH3 is 2. The van der Waals surface area contributed by atoms with Crippen molar-refractivity contribution < 1.29 is 14.6 Å². The molecule has 0 aromatic carbocycles. The Balaban J connectivity index is 1.68. The van der Waals surface area contributed by atoms with Crippen LogP contribution in [-0.4, -0.2) is 38.1 Å². The number of ether oxygens (including phenoxy) is 2. The van der Waals surface area contributed by atoms with Gasteiger partial charge >= 0.3 is 0 Å². The molecule has 0 heterocycles. The van der Waals surface area contributed by atoms with Gasteiger partial charge in [-0.05, 0) is 74.5 Å². The van der Waals surface area contributed by atoms with Gasteiger partial charge in [0.15, 0.2) is 0 Å².